The number of nitrogen functional groups attached to an aromatic ring is 1. The molecule has 0 fully saturated rings. The van der Waals surface area contributed by atoms with E-state index in [0.717, 1.165) is 18.4 Å². The van der Waals surface area contributed by atoms with Gasteiger partial charge < -0.3 is 19.8 Å². The second-order valence-corrected chi connectivity index (χ2v) is 7.44. The minimum Gasteiger partial charge on any atom is -0.493 e. The van der Waals surface area contributed by atoms with Crippen molar-refractivity contribution < 1.29 is 9.47 Å². The molecule has 1 aliphatic rings. The lowest BCUT2D eigenvalue weighted by Crippen LogP contribution is -2.22. The van der Waals surface area contributed by atoms with Gasteiger partial charge in [-0.05, 0) is 25.0 Å². The molecule has 0 atom stereocenters. The molecule has 0 unspecified atom stereocenters. The van der Waals surface area contributed by atoms with Crippen LogP contribution in [0.5, 0.6) is 5.75 Å². The number of nitrogens with two attached hydrogens (primary N) is 2. The maximum absolute atomic E-state index is 6.49. The molecule has 1 aromatic carbocycles. The summed E-state index contributed by atoms with van der Waals surface area (Å²) in [6.07, 6.45) is 5.40. The van der Waals surface area contributed by atoms with Crippen molar-refractivity contribution in [3.05, 3.63) is 40.4 Å². The Balaban J connectivity index is 1.44. The molecular weight excluding hydrogens is 431 g/mol. The van der Waals surface area contributed by atoms with Crippen LogP contribution in [-0.2, 0) is 11.3 Å². The van der Waals surface area contributed by atoms with Crippen LogP contribution in [0.25, 0.3) is 11.2 Å². The zero-order valence-corrected chi connectivity index (χ0v) is 17.5. The van der Waals surface area contributed by atoms with Gasteiger partial charge in [0.05, 0.1) is 29.5 Å². The predicted octanol–water partition coefficient (Wildman–Crippen LogP) is 2.79. The zero-order valence-electron chi connectivity index (χ0n) is 16.0. The fourth-order valence-electron chi connectivity index (χ4n) is 3.07. The molecule has 0 bridgehead atoms. The Morgan fingerprint density at radius 1 is 1.17 bits per heavy atom. The number of hydrazone groups is 1. The quantitative estimate of drug-likeness (QED) is 0.395. The molecule has 10 nitrogen and oxygen atoms in total. The monoisotopic (exact) mass is 450 g/mol. The van der Waals surface area contributed by atoms with Gasteiger partial charge in [-0.15, -0.1) is 5.10 Å². The molecule has 0 amide bonds. The van der Waals surface area contributed by atoms with Crippen LogP contribution < -0.4 is 16.3 Å². The summed E-state index contributed by atoms with van der Waals surface area (Å²) >= 11 is 12.7. The van der Waals surface area contributed by atoms with Gasteiger partial charge in [0.2, 0.25) is 5.90 Å². The summed E-state index contributed by atoms with van der Waals surface area (Å²) in [5, 5.41) is 6.20. The number of anilines is 1. The van der Waals surface area contributed by atoms with Gasteiger partial charge in [0.25, 0.3) is 0 Å². The highest BCUT2D eigenvalue weighted by Crippen LogP contribution is 2.34. The number of hydrazine groups is 1. The van der Waals surface area contributed by atoms with Gasteiger partial charge in [-0.25, -0.2) is 20.8 Å². The van der Waals surface area contributed by atoms with Crippen molar-refractivity contribution in [2.75, 3.05) is 19.1 Å². The van der Waals surface area contributed by atoms with Crippen LogP contribution >= 0.6 is 23.2 Å². The Morgan fingerprint density at radius 3 is 2.83 bits per heavy atom. The third-order valence-corrected chi connectivity index (χ3v) is 5.40. The van der Waals surface area contributed by atoms with E-state index in [9.17, 15) is 0 Å². The molecule has 0 spiro atoms. The molecule has 0 aliphatic carbocycles. The van der Waals surface area contributed by atoms with Gasteiger partial charge >= 0.3 is 0 Å². The maximum atomic E-state index is 6.49. The molecule has 2 aromatic heterocycles. The highest BCUT2D eigenvalue weighted by atomic mass is 35.5. The summed E-state index contributed by atoms with van der Waals surface area (Å²) < 4.78 is 13.1. The van der Waals surface area contributed by atoms with E-state index in [4.69, 9.17) is 44.3 Å². The molecule has 0 radical (unpaired) electrons. The van der Waals surface area contributed by atoms with Crippen LogP contribution in [0, 0.1) is 0 Å². The molecular formula is C18H20Cl2N8O2. The fraction of sp³-hybridized carbons (Fsp3) is 0.333. The number of hydrogen-bond acceptors (Lipinski definition) is 9. The van der Waals surface area contributed by atoms with Gasteiger partial charge in [0.1, 0.15) is 17.6 Å². The Labute approximate surface area is 182 Å². The molecule has 0 saturated carbocycles. The molecule has 12 heteroatoms. The van der Waals surface area contributed by atoms with E-state index in [1.807, 2.05) is 10.6 Å². The highest BCUT2D eigenvalue weighted by molar-refractivity contribution is 6.42. The summed E-state index contributed by atoms with van der Waals surface area (Å²) in [6.45, 7) is 1.17. The lowest BCUT2D eigenvalue weighted by atomic mass is 10.2. The first kappa shape index (κ1) is 20.5. The minimum absolute atomic E-state index is 0.290. The van der Waals surface area contributed by atoms with E-state index in [1.54, 1.807) is 12.4 Å². The second kappa shape index (κ2) is 8.90. The van der Waals surface area contributed by atoms with E-state index >= 15 is 0 Å². The van der Waals surface area contributed by atoms with Crippen molar-refractivity contribution in [3.8, 4) is 5.75 Å². The Bertz CT molecular complexity index is 1090. The number of benzene rings is 1. The molecule has 1 aliphatic heterocycles. The summed E-state index contributed by atoms with van der Waals surface area (Å²) in [5.74, 6) is 7.13. The third kappa shape index (κ3) is 4.35. The topological polar surface area (TPSA) is 130 Å². The summed E-state index contributed by atoms with van der Waals surface area (Å²) in [4.78, 5) is 12.5. The predicted molar refractivity (Wildman–Crippen MR) is 114 cm³/mol. The number of rotatable bonds is 8. The van der Waals surface area contributed by atoms with Crippen LogP contribution in [0.2, 0.25) is 10.0 Å². The van der Waals surface area contributed by atoms with Gasteiger partial charge in [-0.1, -0.05) is 23.2 Å². The van der Waals surface area contributed by atoms with E-state index < -0.39 is 0 Å². The van der Waals surface area contributed by atoms with Gasteiger partial charge in [0.15, 0.2) is 18.2 Å². The molecule has 4 rings (SSSR count). The third-order valence-electron chi connectivity index (χ3n) is 4.56. The van der Waals surface area contributed by atoms with Crippen molar-refractivity contribution in [2.45, 2.75) is 25.8 Å². The Kier molecular flexibility index (Phi) is 6.07. The number of fused-ring (bicyclic) bond motifs is 1. The number of nitrogens with zero attached hydrogens (tertiary/aromatic N) is 6. The Morgan fingerprint density at radius 2 is 2.03 bits per heavy atom. The smallest absolute Gasteiger partial charge is 0.209 e. The first-order valence-corrected chi connectivity index (χ1v) is 10.0. The number of halogens is 2. The fourth-order valence-corrected chi connectivity index (χ4v) is 3.46. The molecule has 30 heavy (non-hydrogen) atoms. The SMILES string of the molecule is Nc1ncnc2c1ncn2Cc1c(OCCCCC2=NN(N)CO2)ccc(Cl)c1Cl. The number of aromatic nitrogens is 4. The van der Waals surface area contributed by atoms with Crippen molar-refractivity contribution in [2.24, 2.45) is 10.9 Å². The first-order chi connectivity index (χ1) is 14.5. The Hall–Kier alpha value is -2.82. The largest absolute Gasteiger partial charge is 0.493 e. The number of hydrogen-bond donors (Lipinski definition) is 2. The van der Waals surface area contributed by atoms with Crippen LogP contribution in [-0.4, -0.2) is 43.9 Å². The minimum atomic E-state index is 0.290. The first-order valence-electron chi connectivity index (χ1n) is 9.26. The van der Waals surface area contributed by atoms with Gasteiger partial charge in [-0.2, -0.15) is 5.12 Å². The van der Waals surface area contributed by atoms with Crippen molar-refractivity contribution in [3.63, 3.8) is 0 Å². The van der Waals surface area contributed by atoms with Gasteiger partial charge in [0, 0.05) is 12.0 Å². The second-order valence-electron chi connectivity index (χ2n) is 6.65. The zero-order chi connectivity index (χ0) is 21.1. The summed E-state index contributed by atoms with van der Waals surface area (Å²) in [6, 6.07) is 3.52. The summed E-state index contributed by atoms with van der Waals surface area (Å²) in [5.41, 5.74) is 7.75. The van der Waals surface area contributed by atoms with Crippen molar-refractivity contribution in [1.82, 2.24) is 24.6 Å². The lowest BCUT2D eigenvalue weighted by molar-refractivity contribution is 0.169. The lowest BCUT2D eigenvalue weighted by Gasteiger charge is -2.15. The average molecular weight is 451 g/mol. The van der Waals surface area contributed by atoms with E-state index in [2.05, 4.69) is 20.1 Å². The number of unbranched alkanes of at least 4 members (excludes halogenated alkanes) is 1. The molecule has 158 valence electrons. The average Bonchev–Trinajstić information content (AvgIpc) is 3.33. The van der Waals surface area contributed by atoms with Crippen molar-refractivity contribution in [1.29, 1.82) is 0 Å². The maximum Gasteiger partial charge on any atom is 0.209 e. The number of imidazole rings is 1. The standard InChI is InChI=1S/C18H20Cl2N8O2/c19-12-4-5-13(29-6-2-1-3-14-26-28(22)10-30-14)11(15(12)20)7-27-9-25-16-17(21)23-8-24-18(16)27/h4-5,8-9H,1-3,6-7,10,22H2,(H2,21,23,24). The van der Waals surface area contributed by atoms with E-state index in [1.165, 1.54) is 11.4 Å². The molecule has 3 heterocycles. The molecule has 4 N–H and O–H groups in total. The van der Waals surface area contributed by atoms with E-state index in [0.29, 0.717) is 58.2 Å². The van der Waals surface area contributed by atoms with Crippen LogP contribution in [0.4, 0.5) is 5.82 Å². The van der Waals surface area contributed by atoms with Crippen LogP contribution in [0.1, 0.15) is 24.8 Å². The molecule has 3 aromatic rings. The van der Waals surface area contributed by atoms with Crippen LogP contribution in [0.15, 0.2) is 29.9 Å². The van der Waals surface area contributed by atoms with Gasteiger partial charge in [-0.3, -0.25) is 0 Å². The van der Waals surface area contributed by atoms with E-state index in [-0.39, 0.29) is 6.73 Å². The summed E-state index contributed by atoms with van der Waals surface area (Å²) in [7, 11) is 0. The van der Waals surface area contributed by atoms with Crippen LogP contribution in [0.3, 0.4) is 0 Å². The highest BCUT2D eigenvalue weighted by Gasteiger charge is 2.16. The van der Waals surface area contributed by atoms with Crippen molar-refractivity contribution >= 4 is 46.1 Å². The number of ether oxygens (including phenoxy) is 2. The normalized spacial score (nSPS) is 13.6. The molecule has 0 saturated heterocycles.